The lowest BCUT2D eigenvalue weighted by Gasteiger charge is -2.33. The van der Waals surface area contributed by atoms with Crippen LogP contribution in [0, 0.1) is 5.41 Å². The minimum atomic E-state index is -0.843. The van der Waals surface area contributed by atoms with Gasteiger partial charge in [-0.1, -0.05) is 19.3 Å². The first-order valence-corrected chi connectivity index (χ1v) is 6.68. The van der Waals surface area contributed by atoms with Crippen LogP contribution in [0.25, 0.3) is 0 Å². The molecule has 1 fully saturated rings. The van der Waals surface area contributed by atoms with Gasteiger partial charge in [0.15, 0.2) is 11.0 Å². The van der Waals surface area contributed by atoms with Gasteiger partial charge in [-0.2, -0.15) is 0 Å². The average Bonchev–Trinajstić information content (AvgIpc) is 2.83. The highest BCUT2D eigenvalue weighted by atomic mass is 35.5. The molecule has 1 aliphatic carbocycles. The second-order valence-corrected chi connectivity index (χ2v) is 5.31. The number of halogens is 1. The number of hydrogen-bond acceptors (Lipinski definition) is 3. The molecule has 1 aromatic rings. The van der Waals surface area contributed by atoms with Gasteiger partial charge in [-0.25, -0.2) is 0 Å². The number of rotatable bonds is 4. The summed E-state index contributed by atoms with van der Waals surface area (Å²) in [7, 11) is 0. The first-order valence-electron chi connectivity index (χ1n) is 6.30. The normalized spacial score (nSPS) is 17.9. The number of aliphatic carboxylic acids is 1. The molecule has 0 aromatic carbocycles. The van der Waals surface area contributed by atoms with E-state index in [9.17, 15) is 14.7 Å². The molecular formula is C13H16ClNO4. The van der Waals surface area contributed by atoms with E-state index in [1.807, 2.05) is 0 Å². The molecule has 0 atom stereocenters. The van der Waals surface area contributed by atoms with E-state index in [0.29, 0.717) is 12.8 Å². The molecule has 1 aliphatic rings. The summed E-state index contributed by atoms with van der Waals surface area (Å²) in [6, 6.07) is 2.94. The number of carbonyl (C=O) groups is 2. The number of amides is 1. The van der Waals surface area contributed by atoms with Gasteiger partial charge in [-0.05, 0) is 36.6 Å². The van der Waals surface area contributed by atoms with Crippen molar-refractivity contribution in [2.45, 2.75) is 32.1 Å². The zero-order chi connectivity index (χ0) is 13.9. The lowest BCUT2D eigenvalue weighted by atomic mass is 9.74. The number of carbonyl (C=O) groups excluding carboxylic acids is 1. The van der Waals surface area contributed by atoms with Crippen molar-refractivity contribution >= 4 is 23.5 Å². The van der Waals surface area contributed by atoms with Gasteiger partial charge in [0.05, 0.1) is 5.41 Å². The molecule has 6 heteroatoms. The van der Waals surface area contributed by atoms with Crippen LogP contribution < -0.4 is 5.32 Å². The standard InChI is InChI=1S/C13H16ClNO4/c14-10-5-4-9(19-10)11(16)15-8-13(12(17)18)6-2-1-3-7-13/h4-5H,1-3,6-8H2,(H,15,16)(H,17,18). The predicted molar refractivity (Wildman–Crippen MR) is 69.2 cm³/mol. The molecule has 1 amide bonds. The fourth-order valence-electron chi connectivity index (χ4n) is 2.47. The molecule has 1 aromatic heterocycles. The Bertz CT molecular complexity index is 477. The Hall–Kier alpha value is -1.49. The third-order valence-corrected chi connectivity index (χ3v) is 3.85. The maximum Gasteiger partial charge on any atom is 0.311 e. The highest BCUT2D eigenvalue weighted by Gasteiger charge is 2.39. The van der Waals surface area contributed by atoms with E-state index in [1.54, 1.807) is 0 Å². The Labute approximate surface area is 115 Å². The summed E-state index contributed by atoms with van der Waals surface area (Å²) < 4.78 is 4.98. The smallest absolute Gasteiger partial charge is 0.311 e. The molecule has 0 spiro atoms. The molecule has 5 nitrogen and oxygen atoms in total. The number of furan rings is 1. The van der Waals surface area contributed by atoms with Crippen LogP contribution in [0.3, 0.4) is 0 Å². The van der Waals surface area contributed by atoms with Crippen LogP contribution in [0.5, 0.6) is 0 Å². The number of carboxylic acid groups (broad SMARTS) is 1. The first-order chi connectivity index (χ1) is 9.03. The molecule has 1 saturated carbocycles. The molecule has 0 saturated heterocycles. The van der Waals surface area contributed by atoms with Crippen LogP contribution in [0.4, 0.5) is 0 Å². The lowest BCUT2D eigenvalue weighted by Crippen LogP contribution is -2.44. The molecule has 0 unspecified atom stereocenters. The monoisotopic (exact) mass is 285 g/mol. The topological polar surface area (TPSA) is 79.5 Å². The van der Waals surface area contributed by atoms with E-state index >= 15 is 0 Å². The molecule has 2 rings (SSSR count). The zero-order valence-corrected chi connectivity index (χ0v) is 11.2. The number of nitrogens with one attached hydrogen (secondary N) is 1. The van der Waals surface area contributed by atoms with E-state index in [0.717, 1.165) is 19.3 Å². The molecule has 19 heavy (non-hydrogen) atoms. The van der Waals surface area contributed by atoms with Crippen LogP contribution in [-0.4, -0.2) is 23.5 Å². The maximum absolute atomic E-state index is 11.8. The summed E-state index contributed by atoms with van der Waals surface area (Å²) in [5.74, 6) is -1.18. The Balaban J connectivity index is 1.99. The number of carboxylic acids is 1. The Kier molecular flexibility index (Phi) is 4.14. The second-order valence-electron chi connectivity index (χ2n) is 4.93. The largest absolute Gasteiger partial charge is 0.481 e. The average molecular weight is 286 g/mol. The van der Waals surface area contributed by atoms with Gasteiger partial charge in [0.2, 0.25) is 0 Å². The first kappa shape index (κ1) is 13.9. The van der Waals surface area contributed by atoms with Gasteiger partial charge in [-0.15, -0.1) is 0 Å². The summed E-state index contributed by atoms with van der Waals surface area (Å²) in [6.45, 7) is 0.124. The fourth-order valence-corrected chi connectivity index (χ4v) is 2.61. The van der Waals surface area contributed by atoms with E-state index in [-0.39, 0.29) is 17.5 Å². The van der Waals surface area contributed by atoms with E-state index in [2.05, 4.69) is 5.32 Å². The number of hydrogen-bond donors (Lipinski definition) is 2. The quantitative estimate of drug-likeness (QED) is 0.891. The van der Waals surface area contributed by atoms with Crippen LogP contribution in [0.15, 0.2) is 16.5 Å². The van der Waals surface area contributed by atoms with Crippen molar-refractivity contribution in [3.8, 4) is 0 Å². The lowest BCUT2D eigenvalue weighted by molar-refractivity contribution is -0.150. The van der Waals surface area contributed by atoms with Gasteiger partial charge >= 0.3 is 5.97 Å². The minimum Gasteiger partial charge on any atom is -0.481 e. The summed E-state index contributed by atoms with van der Waals surface area (Å²) in [5, 5.41) is 12.1. The van der Waals surface area contributed by atoms with E-state index in [1.165, 1.54) is 12.1 Å². The van der Waals surface area contributed by atoms with Crippen molar-refractivity contribution in [2.24, 2.45) is 5.41 Å². The summed E-state index contributed by atoms with van der Waals surface area (Å²) >= 11 is 5.59. The maximum atomic E-state index is 11.8. The molecule has 0 bridgehead atoms. The van der Waals surface area contributed by atoms with E-state index in [4.69, 9.17) is 16.0 Å². The van der Waals surface area contributed by atoms with Crippen molar-refractivity contribution in [1.29, 1.82) is 0 Å². The molecule has 0 radical (unpaired) electrons. The Morgan fingerprint density at radius 1 is 1.32 bits per heavy atom. The minimum absolute atomic E-state index is 0.0985. The molecule has 104 valence electrons. The molecule has 1 heterocycles. The van der Waals surface area contributed by atoms with Gasteiger partial charge < -0.3 is 14.8 Å². The van der Waals surface area contributed by atoms with Gasteiger partial charge in [0, 0.05) is 6.54 Å². The van der Waals surface area contributed by atoms with Crippen molar-refractivity contribution in [1.82, 2.24) is 5.32 Å². The van der Waals surface area contributed by atoms with Crippen molar-refractivity contribution < 1.29 is 19.1 Å². The molecule has 0 aliphatic heterocycles. The van der Waals surface area contributed by atoms with Gasteiger partial charge in [-0.3, -0.25) is 9.59 Å². The van der Waals surface area contributed by atoms with E-state index < -0.39 is 17.3 Å². The summed E-state index contributed by atoms with van der Waals surface area (Å²) in [5.41, 5.74) is -0.843. The van der Waals surface area contributed by atoms with Gasteiger partial charge in [0.1, 0.15) is 0 Å². The van der Waals surface area contributed by atoms with Crippen molar-refractivity contribution in [3.63, 3.8) is 0 Å². The van der Waals surface area contributed by atoms with Crippen molar-refractivity contribution in [3.05, 3.63) is 23.1 Å². The van der Waals surface area contributed by atoms with Crippen LogP contribution in [0.1, 0.15) is 42.7 Å². The Morgan fingerprint density at radius 3 is 2.53 bits per heavy atom. The highest BCUT2D eigenvalue weighted by Crippen LogP contribution is 2.36. The highest BCUT2D eigenvalue weighted by molar-refractivity contribution is 6.29. The zero-order valence-electron chi connectivity index (χ0n) is 10.4. The summed E-state index contributed by atoms with van der Waals surface area (Å²) in [6.07, 6.45) is 4.02. The predicted octanol–water partition coefficient (Wildman–Crippen LogP) is 2.70. The SMILES string of the molecule is O=C(NCC1(C(=O)O)CCCCC1)c1ccc(Cl)o1. The third kappa shape index (κ3) is 3.10. The third-order valence-electron chi connectivity index (χ3n) is 3.65. The molecule has 2 N–H and O–H groups in total. The second kappa shape index (κ2) is 5.65. The Morgan fingerprint density at radius 2 is 2.00 bits per heavy atom. The molecular weight excluding hydrogens is 270 g/mol. The van der Waals surface area contributed by atoms with Crippen LogP contribution in [-0.2, 0) is 4.79 Å². The van der Waals surface area contributed by atoms with Crippen LogP contribution >= 0.6 is 11.6 Å². The van der Waals surface area contributed by atoms with Crippen molar-refractivity contribution in [2.75, 3.05) is 6.54 Å². The van der Waals surface area contributed by atoms with Crippen LogP contribution in [0.2, 0.25) is 5.22 Å². The fraction of sp³-hybridized carbons (Fsp3) is 0.538. The van der Waals surface area contributed by atoms with Gasteiger partial charge in [0.25, 0.3) is 5.91 Å². The summed E-state index contributed by atoms with van der Waals surface area (Å²) in [4.78, 5) is 23.2.